The third-order valence-electron chi connectivity index (χ3n) is 3.95. The van der Waals surface area contributed by atoms with Crippen LogP contribution in [-0.4, -0.2) is 17.8 Å². The summed E-state index contributed by atoms with van der Waals surface area (Å²) < 4.78 is 5.67. The summed E-state index contributed by atoms with van der Waals surface area (Å²) in [4.78, 5) is 0. The van der Waals surface area contributed by atoms with E-state index in [9.17, 15) is 5.11 Å². The summed E-state index contributed by atoms with van der Waals surface area (Å²) in [6.07, 6.45) is 2.21. The fraction of sp³-hybridized carbons (Fsp3) is 0.333. The van der Waals surface area contributed by atoms with Crippen LogP contribution in [0.3, 0.4) is 0 Å². The van der Waals surface area contributed by atoms with Crippen molar-refractivity contribution in [3.63, 3.8) is 0 Å². The van der Waals surface area contributed by atoms with E-state index in [2.05, 4.69) is 18.2 Å². The van der Waals surface area contributed by atoms with Crippen molar-refractivity contribution < 1.29 is 9.84 Å². The smallest absolute Gasteiger partial charge is 0.122 e. The molecule has 0 radical (unpaired) electrons. The zero-order valence-corrected chi connectivity index (χ0v) is 11.5. The molecule has 0 bridgehead atoms. The van der Waals surface area contributed by atoms with Gasteiger partial charge in [0.25, 0.3) is 0 Å². The van der Waals surface area contributed by atoms with Crippen molar-refractivity contribution in [1.29, 1.82) is 0 Å². The second-order valence-electron chi connectivity index (χ2n) is 5.45. The van der Waals surface area contributed by atoms with E-state index >= 15 is 0 Å². The fourth-order valence-corrected chi connectivity index (χ4v) is 2.96. The molecule has 2 heteroatoms. The molecule has 0 amide bonds. The Labute approximate surface area is 120 Å². The van der Waals surface area contributed by atoms with Crippen LogP contribution in [-0.2, 0) is 6.42 Å². The predicted molar refractivity (Wildman–Crippen MR) is 80.1 cm³/mol. The van der Waals surface area contributed by atoms with Crippen molar-refractivity contribution in [3.8, 4) is 5.75 Å². The van der Waals surface area contributed by atoms with Gasteiger partial charge in [-0.15, -0.1) is 0 Å². The van der Waals surface area contributed by atoms with Crippen LogP contribution in [0, 0.1) is 0 Å². The van der Waals surface area contributed by atoms with Crippen LogP contribution in [0.1, 0.15) is 29.9 Å². The molecule has 2 atom stereocenters. The molecular weight excluding hydrogens is 248 g/mol. The van der Waals surface area contributed by atoms with E-state index in [-0.39, 0.29) is 6.10 Å². The molecule has 3 rings (SSSR count). The monoisotopic (exact) mass is 268 g/mol. The fourth-order valence-electron chi connectivity index (χ4n) is 2.96. The average Bonchev–Trinajstić information content (AvgIpc) is 2.48. The molecule has 1 aliphatic rings. The number of rotatable bonds is 4. The maximum absolute atomic E-state index is 10.3. The second-order valence-corrected chi connectivity index (χ2v) is 5.45. The van der Waals surface area contributed by atoms with E-state index in [1.54, 1.807) is 0 Å². The van der Waals surface area contributed by atoms with Gasteiger partial charge < -0.3 is 9.84 Å². The molecule has 2 aromatic rings. The Bertz CT molecular complexity index is 550. The van der Waals surface area contributed by atoms with Crippen molar-refractivity contribution in [1.82, 2.24) is 0 Å². The second kappa shape index (κ2) is 6.10. The van der Waals surface area contributed by atoms with E-state index in [1.165, 1.54) is 11.1 Å². The van der Waals surface area contributed by atoms with Crippen molar-refractivity contribution in [2.45, 2.75) is 31.3 Å². The van der Waals surface area contributed by atoms with Crippen molar-refractivity contribution in [2.75, 3.05) is 6.61 Å². The zero-order valence-electron chi connectivity index (χ0n) is 11.5. The lowest BCUT2D eigenvalue weighted by Crippen LogP contribution is -2.20. The third-order valence-corrected chi connectivity index (χ3v) is 3.95. The van der Waals surface area contributed by atoms with Crippen LogP contribution >= 0.6 is 0 Å². The third kappa shape index (κ3) is 3.02. The molecule has 0 aliphatic carbocycles. The normalized spacial score (nSPS) is 18.9. The number of hydrogen-bond donors (Lipinski definition) is 1. The van der Waals surface area contributed by atoms with Crippen molar-refractivity contribution in [2.24, 2.45) is 0 Å². The Hall–Kier alpha value is -1.80. The number of aliphatic hydroxyl groups excluding tert-OH is 1. The first-order valence-electron chi connectivity index (χ1n) is 7.26. The van der Waals surface area contributed by atoms with Gasteiger partial charge in [0, 0.05) is 0 Å². The van der Waals surface area contributed by atoms with Gasteiger partial charge in [-0.25, -0.2) is 0 Å². The lowest BCUT2D eigenvalue weighted by atomic mass is 9.87. The van der Waals surface area contributed by atoms with Crippen molar-refractivity contribution >= 4 is 0 Å². The molecule has 2 nitrogen and oxygen atoms in total. The van der Waals surface area contributed by atoms with Crippen LogP contribution in [0.2, 0.25) is 0 Å². The summed E-state index contributed by atoms with van der Waals surface area (Å²) >= 11 is 0. The van der Waals surface area contributed by atoms with Crippen LogP contribution < -0.4 is 4.74 Å². The number of aliphatic hydroxyl groups is 1. The molecule has 20 heavy (non-hydrogen) atoms. The lowest BCUT2D eigenvalue weighted by molar-refractivity contribution is 0.143. The highest BCUT2D eigenvalue weighted by Crippen LogP contribution is 2.36. The van der Waals surface area contributed by atoms with Gasteiger partial charge in [-0.2, -0.15) is 0 Å². The van der Waals surface area contributed by atoms with Crippen LogP contribution in [0.25, 0.3) is 0 Å². The first kappa shape index (κ1) is 13.2. The SMILES string of the molecule is OC(Cc1ccccc1)CC1CCOc2ccccc21. The van der Waals surface area contributed by atoms with Crippen LogP contribution in [0.4, 0.5) is 0 Å². The van der Waals surface area contributed by atoms with Gasteiger partial charge in [0.2, 0.25) is 0 Å². The molecule has 2 unspecified atom stereocenters. The maximum atomic E-state index is 10.3. The highest BCUT2D eigenvalue weighted by molar-refractivity contribution is 5.37. The Morgan fingerprint density at radius 2 is 1.80 bits per heavy atom. The topological polar surface area (TPSA) is 29.5 Å². The zero-order chi connectivity index (χ0) is 13.8. The molecule has 0 aromatic heterocycles. The summed E-state index contributed by atoms with van der Waals surface area (Å²) in [5, 5.41) is 10.3. The van der Waals surface area contributed by atoms with E-state index in [0.717, 1.165) is 31.6 Å². The maximum Gasteiger partial charge on any atom is 0.122 e. The van der Waals surface area contributed by atoms with Gasteiger partial charge in [0.15, 0.2) is 0 Å². The Morgan fingerprint density at radius 1 is 1.05 bits per heavy atom. The summed E-state index contributed by atoms with van der Waals surface area (Å²) in [6.45, 7) is 0.750. The molecule has 0 fully saturated rings. The Morgan fingerprint density at radius 3 is 2.65 bits per heavy atom. The van der Waals surface area contributed by atoms with Crippen LogP contribution in [0.15, 0.2) is 54.6 Å². The standard InChI is InChI=1S/C18H20O2/c19-16(12-14-6-2-1-3-7-14)13-15-10-11-20-18-9-5-4-8-17(15)18/h1-9,15-16,19H,10-13H2. The molecule has 104 valence electrons. The highest BCUT2D eigenvalue weighted by Gasteiger charge is 2.23. The lowest BCUT2D eigenvalue weighted by Gasteiger charge is -2.27. The number of para-hydroxylation sites is 1. The van der Waals surface area contributed by atoms with Gasteiger partial charge in [0.1, 0.15) is 5.75 Å². The number of hydrogen-bond acceptors (Lipinski definition) is 2. The minimum Gasteiger partial charge on any atom is -0.493 e. The summed E-state index contributed by atoms with van der Waals surface area (Å²) in [6, 6.07) is 18.4. The minimum absolute atomic E-state index is 0.298. The molecule has 0 saturated heterocycles. The summed E-state index contributed by atoms with van der Waals surface area (Å²) in [7, 11) is 0. The van der Waals surface area contributed by atoms with E-state index in [4.69, 9.17) is 4.74 Å². The highest BCUT2D eigenvalue weighted by atomic mass is 16.5. The molecule has 1 heterocycles. The van der Waals surface area contributed by atoms with Gasteiger partial charge in [-0.05, 0) is 42.4 Å². The molecule has 0 spiro atoms. The quantitative estimate of drug-likeness (QED) is 0.919. The largest absolute Gasteiger partial charge is 0.493 e. The molecule has 2 aromatic carbocycles. The van der Waals surface area contributed by atoms with E-state index in [1.807, 2.05) is 36.4 Å². The number of benzene rings is 2. The van der Waals surface area contributed by atoms with E-state index < -0.39 is 0 Å². The average molecular weight is 268 g/mol. The van der Waals surface area contributed by atoms with Gasteiger partial charge in [-0.1, -0.05) is 48.5 Å². The Balaban J connectivity index is 1.66. The number of ether oxygens (including phenoxy) is 1. The van der Waals surface area contributed by atoms with Gasteiger partial charge in [-0.3, -0.25) is 0 Å². The van der Waals surface area contributed by atoms with E-state index in [0.29, 0.717) is 5.92 Å². The van der Waals surface area contributed by atoms with Gasteiger partial charge >= 0.3 is 0 Å². The molecule has 1 N–H and O–H groups in total. The molecular formula is C18H20O2. The Kier molecular flexibility index (Phi) is 4.03. The van der Waals surface area contributed by atoms with Gasteiger partial charge in [0.05, 0.1) is 12.7 Å². The first-order chi connectivity index (χ1) is 9.83. The summed E-state index contributed by atoms with van der Waals surface area (Å²) in [5.41, 5.74) is 2.44. The molecule has 1 aliphatic heterocycles. The van der Waals surface area contributed by atoms with Crippen molar-refractivity contribution in [3.05, 3.63) is 65.7 Å². The minimum atomic E-state index is -0.298. The van der Waals surface area contributed by atoms with Crippen LogP contribution in [0.5, 0.6) is 5.75 Å². The first-order valence-corrected chi connectivity index (χ1v) is 7.26. The molecule has 0 saturated carbocycles. The number of fused-ring (bicyclic) bond motifs is 1. The summed E-state index contributed by atoms with van der Waals surface area (Å²) in [5.74, 6) is 1.38. The predicted octanol–water partition coefficient (Wildman–Crippen LogP) is 3.55.